The number of hydrogen-bond donors (Lipinski definition) is 1. The van der Waals surface area contributed by atoms with E-state index in [-0.39, 0.29) is 5.97 Å². The van der Waals surface area contributed by atoms with Crippen LogP contribution in [0.1, 0.15) is 22.8 Å². The Hall–Kier alpha value is -3.86. The first kappa shape index (κ1) is 20.4. The van der Waals surface area contributed by atoms with Crippen molar-refractivity contribution in [2.24, 2.45) is 0 Å². The van der Waals surface area contributed by atoms with Gasteiger partial charge in [-0.05, 0) is 60.5 Å². The predicted molar refractivity (Wildman–Crippen MR) is 119 cm³/mol. The third kappa shape index (κ3) is 4.36. The van der Waals surface area contributed by atoms with Crippen molar-refractivity contribution in [3.63, 3.8) is 0 Å². The molecule has 0 aliphatic heterocycles. The molecule has 0 aliphatic carbocycles. The van der Waals surface area contributed by atoms with Crippen molar-refractivity contribution >= 4 is 22.6 Å². The zero-order valence-corrected chi connectivity index (χ0v) is 17.8. The average Bonchev–Trinajstić information content (AvgIpc) is 2.83. The van der Waals surface area contributed by atoms with Crippen LogP contribution >= 0.6 is 0 Å². The molecule has 5 nitrogen and oxygen atoms in total. The topological polar surface area (TPSA) is 62.6 Å². The normalized spacial score (nSPS) is 11.5. The van der Waals surface area contributed by atoms with Crippen LogP contribution in [0, 0.1) is 0 Å². The van der Waals surface area contributed by atoms with E-state index in [1.54, 1.807) is 19.2 Å². The predicted octanol–water partition coefficient (Wildman–Crippen LogP) is 3.77. The van der Waals surface area contributed by atoms with Gasteiger partial charge in [0.25, 0.3) is 0 Å². The molecule has 4 rings (SSSR count). The smallest absolute Gasteiger partial charge is 0.337 e. The highest BCUT2D eigenvalue weighted by Crippen LogP contribution is 2.24. The van der Waals surface area contributed by atoms with Gasteiger partial charge in [-0.15, -0.1) is 0 Å². The first-order valence-electron chi connectivity index (χ1n) is 10.1. The Morgan fingerprint density at radius 3 is 2.32 bits per heavy atom. The van der Waals surface area contributed by atoms with E-state index < -0.39 is 0 Å². The highest BCUT2D eigenvalue weighted by molar-refractivity contribution is 5.89. The zero-order chi connectivity index (χ0) is 21.8. The summed E-state index contributed by atoms with van der Waals surface area (Å²) in [4.78, 5) is 15.2. The molecule has 0 atom stereocenters. The molecule has 5 heteroatoms. The van der Waals surface area contributed by atoms with Gasteiger partial charge in [-0.25, -0.2) is 9.79 Å². The molecule has 0 unspecified atom stereocenters. The van der Waals surface area contributed by atoms with Gasteiger partial charge in [0.2, 0.25) is 11.0 Å². The standard InChI is InChI=1S/C26H23NO4/c1-4-17-5-14-24-22(15-17)23(27-20-10-6-19(7-11-20)26(28)30-3)16-25(31-24)18-8-12-21(29-2)13-9-18/h5-16H,4H2,1-3H3/p+1. The van der Waals surface area contributed by atoms with E-state index in [1.807, 2.05) is 48.5 Å². The summed E-state index contributed by atoms with van der Waals surface area (Å²) < 4.78 is 16.3. The van der Waals surface area contributed by atoms with Gasteiger partial charge < -0.3 is 13.9 Å². The molecule has 0 saturated heterocycles. The van der Waals surface area contributed by atoms with Gasteiger partial charge in [0.1, 0.15) is 17.1 Å². The summed E-state index contributed by atoms with van der Waals surface area (Å²) in [6.45, 7) is 2.13. The van der Waals surface area contributed by atoms with Crippen LogP contribution in [0.25, 0.3) is 22.3 Å². The number of rotatable bonds is 5. The number of methoxy groups -OCH3 is 2. The molecule has 156 valence electrons. The lowest BCUT2D eigenvalue weighted by Gasteiger charge is -2.06. The van der Waals surface area contributed by atoms with Crippen molar-refractivity contribution in [1.29, 1.82) is 0 Å². The summed E-state index contributed by atoms with van der Waals surface area (Å²) in [5.41, 5.74) is 4.34. The summed E-state index contributed by atoms with van der Waals surface area (Å²) in [6, 6.07) is 23.2. The molecule has 1 N–H and O–H groups in total. The highest BCUT2D eigenvalue weighted by atomic mass is 16.5. The zero-order valence-electron chi connectivity index (χ0n) is 17.8. The third-order valence-corrected chi connectivity index (χ3v) is 5.20. The van der Waals surface area contributed by atoms with Gasteiger partial charge >= 0.3 is 5.97 Å². The second-order valence-corrected chi connectivity index (χ2v) is 7.13. The van der Waals surface area contributed by atoms with E-state index in [4.69, 9.17) is 13.9 Å². The van der Waals surface area contributed by atoms with Gasteiger partial charge in [0.05, 0.1) is 31.2 Å². The minimum atomic E-state index is -0.357. The Balaban J connectivity index is 1.88. The molecular formula is C26H24NO4+. The summed E-state index contributed by atoms with van der Waals surface area (Å²) in [6.07, 6.45) is 0.934. The number of benzene rings is 3. The molecule has 0 amide bonds. The first-order valence-corrected chi connectivity index (χ1v) is 10.1. The third-order valence-electron chi connectivity index (χ3n) is 5.20. The van der Waals surface area contributed by atoms with Crippen LogP contribution in [0.4, 0.5) is 5.69 Å². The van der Waals surface area contributed by atoms with Gasteiger partial charge in [-0.2, -0.15) is 0 Å². The molecule has 0 aliphatic rings. The minimum absolute atomic E-state index is 0.357. The molecule has 1 aromatic heterocycles. The van der Waals surface area contributed by atoms with E-state index in [9.17, 15) is 4.79 Å². The second-order valence-electron chi connectivity index (χ2n) is 7.13. The van der Waals surface area contributed by atoms with Gasteiger partial charge in [-0.3, -0.25) is 0 Å². The van der Waals surface area contributed by atoms with E-state index in [0.717, 1.165) is 45.5 Å². The van der Waals surface area contributed by atoms with Gasteiger partial charge in [0, 0.05) is 17.7 Å². The van der Waals surface area contributed by atoms with Crippen molar-refractivity contribution in [3.05, 3.63) is 89.3 Å². The highest BCUT2D eigenvalue weighted by Gasteiger charge is 2.11. The molecule has 0 radical (unpaired) electrons. The molecule has 0 spiro atoms. The van der Waals surface area contributed by atoms with Crippen LogP contribution in [-0.2, 0) is 11.2 Å². The van der Waals surface area contributed by atoms with Crippen molar-refractivity contribution < 1.29 is 23.7 Å². The number of nitrogens with one attached hydrogen (secondary N) is 1. The maximum atomic E-state index is 11.7. The fourth-order valence-electron chi connectivity index (χ4n) is 3.42. The Morgan fingerprint density at radius 1 is 0.935 bits per heavy atom. The van der Waals surface area contributed by atoms with Crippen molar-refractivity contribution in [2.75, 3.05) is 14.2 Å². The fraction of sp³-hybridized carbons (Fsp3) is 0.154. The summed E-state index contributed by atoms with van der Waals surface area (Å²) in [5, 5.41) is 1.92. The summed E-state index contributed by atoms with van der Waals surface area (Å²) in [5.74, 6) is 1.18. The molecule has 0 saturated carbocycles. The van der Waals surface area contributed by atoms with Crippen molar-refractivity contribution in [2.45, 2.75) is 13.3 Å². The van der Waals surface area contributed by atoms with E-state index in [1.165, 1.54) is 12.7 Å². The Kier molecular flexibility index (Phi) is 5.85. The molecular weight excluding hydrogens is 390 g/mol. The molecule has 4 aromatic rings. The number of hydrogen-bond acceptors (Lipinski definition) is 4. The Bertz CT molecular complexity index is 1290. The molecule has 1 heterocycles. The molecule has 0 bridgehead atoms. The van der Waals surface area contributed by atoms with Gasteiger partial charge in [-0.1, -0.05) is 13.0 Å². The monoisotopic (exact) mass is 414 g/mol. The maximum Gasteiger partial charge on any atom is 0.337 e. The lowest BCUT2D eigenvalue weighted by atomic mass is 10.1. The number of aryl methyl sites for hydroxylation is 1. The maximum absolute atomic E-state index is 11.7. The van der Waals surface area contributed by atoms with Crippen LogP contribution in [0.2, 0.25) is 0 Å². The van der Waals surface area contributed by atoms with Gasteiger partial charge in [0.15, 0.2) is 0 Å². The lowest BCUT2D eigenvalue weighted by Crippen LogP contribution is -2.70. The molecule has 31 heavy (non-hydrogen) atoms. The van der Waals surface area contributed by atoms with Crippen LogP contribution in [-0.4, -0.2) is 20.2 Å². The van der Waals surface area contributed by atoms with E-state index in [2.05, 4.69) is 24.0 Å². The summed E-state index contributed by atoms with van der Waals surface area (Å²) in [7, 11) is 3.02. The van der Waals surface area contributed by atoms with Crippen molar-refractivity contribution in [3.8, 4) is 17.1 Å². The molecule has 3 aromatic carbocycles. The van der Waals surface area contributed by atoms with Crippen LogP contribution in [0.5, 0.6) is 5.75 Å². The largest absolute Gasteiger partial charge is 0.497 e. The van der Waals surface area contributed by atoms with Crippen LogP contribution in [0.3, 0.4) is 0 Å². The first-order chi connectivity index (χ1) is 15.1. The Morgan fingerprint density at radius 2 is 1.68 bits per heavy atom. The number of ether oxygens (including phenoxy) is 2. The number of carbonyl (C=O) groups excluding carboxylic acids is 1. The quantitative estimate of drug-likeness (QED) is 0.505. The number of carbonyl (C=O) groups is 1. The number of esters is 1. The van der Waals surface area contributed by atoms with Crippen LogP contribution in [0.15, 0.2) is 77.2 Å². The SMILES string of the molecule is CCc1ccc2oc(-c3ccc(OC)cc3)cc(=[NH+]c3ccc(C(=O)OC)cc3)c2c1. The van der Waals surface area contributed by atoms with Crippen LogP contribution < -0.4 is 15.1 Å². The minimum Gasteiger partial charge on any atom is -0.497 e. The molecule has 0 fully saturated rings. The van der Waals surface area contributed by atoms with E-state index in [0.29, 0.717) is 5.56 Å². The lowest BCUT2D eigenvalue weighted by molar-refractivity contribution is -0.400. The van der Waals surface area contributed by atoms with E-state index >= 15 is 0 Å². The number of fused-ring (bicyclic) bond motifs is 1. The summed E-state index contributed by atoms with van der Waals surface area (Å²) >= 11 is 0. The fourth-order valence-corrected chi connectivity index (χ4v) is 3.42. The Labute approximate surface area is 180 Å². The second kappa shape index (κ2) is 8.88. The average molecular weight is 414 g/mol. The van der Waals surface area contributed by atoms with Crippen molar-refractivity contribution in [1.82, 2.24) is 0 Å².